The first-order chi connectivity index (χ1) is 7.27. The predicted octanol–water partition coefficient (Wildman–Crippen LogP) is 2.12. The first-order valence-electron chi connectivity index (χ1n) is 5.16. The molecule has 0 bridgehead atoms. The molecule has 15 heavy (non-hydrogen) atoms. The molecule has 0 heterocycles. The molecule has 0 spiro atoms. The summed E-state index contributed by atoms with van der Waals surface area (Å²) in [5.74, 6) is 0.0644. The molecular formula is C12H16FNO. The minimum atomic E-state index is -0.298. The zero-order chi connectivity index (χ0) is 11.1. The molecule has 0 atom stereocenters. The first-order valence-corrected chi connectivity index (χ1v) is 5.16. The Morgan fingerprint density at radius 1 is 1.27 bits per heavy atom. The molecule has 0 amide bonds. The SMILES string of the molecule is NCCC(=O)c1ccc(CCCF)cc1. The van der Waals surface area contributed by atoms with Gasteiger partial charge in [-0.05, 0) is 24.9 Å². The molecule has 1 rings (SSSR count). The first kappa shape index (κ1) is 11.9. The average molecular weight is 209 g/mol. The third kappa shape index (κ3) is 3.80. The van der Waals surface area contributed by atoms with Crippen molar-refractivity contribution < 1.29 is 9.18 Å². The van der Waals surface area contributed by atoms with E-state index in [0.29, 0.717) is 24.9 Å². The van der Waals surface area contributed by atoms with Crippen LogP contribution in [-0.4, -0.2) is 19.0 Å². The summed E-state index contributed by atoms with van der Waals surface area (Å²) < 4.78 is 11.9. The second kappa shape index (κ2) is 6.30. The molecule has 2 N–H and O–H groups in total. The number of nitrogens with two attached hydrogens (primary N) is 1. The summed E-state index contributed by atoms with van der Waals surface area (Å²) in [4.78, 5) is 11.4. The number of halogens is 1. The molecule has 0 aliphatic rings. The quantitative estimate of drug-likeness (QED) is 0.729. The fraction of sp³-hybridized carbons (Fsp3) is 0.417. The van der Waals surface area contributed by atoms with Crippen molar-refractivity contribution in [3.8, 4) is 0 Å². The van der Waals surface area contributed by atoms with Crippen molar-refractivity contribution in [2.24, 2.45) is 5.73 Å². The number of Topliss-reactive ketones (excluding diaryl/α,β-unsaturated/α-hetero) is 1. The average Bonchev–Trinajstić information content (AvgIpc) is 2.27. The monoisotopic (exact) mass is 209 g/mol. The van der Waals surface area contributed by atoms with Crippen molar-refractivity contribution in [2.75, 3.05) is 13.2 Å². The lowest BCUT2D eigenvalue weighted by molar-refractivity contribution is 0.0985. The minimum absolute atomic E-state index is 0.0644. The highest BCUT2D eigenvalue weighted by molar-refractivity contribution is 5.96. The van der Waals surface area contributed by atoms with Gasteiger partial charge in [-0.3, -0.25) is 9.18 Å². The molecule has 0 aromatic heterocycles. The number of aryl methyl sites for hydroxylation is 1. The molecule has 0 radical (unpaired) electrons. The van der Waals surface area contributed by atoms with E-state index in [-0.39, 0.29) is 12.5 Å². The van der Waals surface area contributed by atoms with Crippen molar-refractivity contribution in [1.29, 1.82) is 0 Å². The lowest BCUT2D eigenvalue weighted by Gasteiger charge is -2.02. The maximum Gasteiger partial charge on any atom is 0.164 e. The number of carbonyl (C=O) groups excluding carboxylic acids is 1. The van der Waals surface area contributed by atoms with E-state index < -0.39 is 0 Å². The van der Waals surface area contributed by atoms with Crippen LogP contribution >= 0.6 is 0 Å². The van der Waals surface area contributed by atoms with Crippen molar-refractivity contribution >= 4 is 5.78 Å². The molecule has 0 aliphatic carbocycles. The third-order valence-electron chi connectivity index (χ3n) is 2.25. The standard InChI is InChI=1S/C12H16FNO/c13-8-1-2-10-3-5-11(6-4-10)12(15)7-9-14/h3-6H,1-2,7-9,14H2. The Morgan fingerprint density at radius 3 is 2.47 bits per heavy atom. The summed E-state index contributed by atoms with van der Waals surface area (Å²) in [5.41, 5.74) is 7.05. The van der Waals surface area contributed by atoms with E-state index in [1.54, 1.807) is 12.1 Å². The number of carbonyl (C=O) groups is 1. The van der Waals surface area contributed by atoms with E-state index in [0.717, 1.165) is 12.0 Å². The third-order valence-corrected chi connectivity index (χ3v) is 2.25. The molecule has 82 valence electrons. The molecular weight excluding hydrogens is 193 g/mol. The van der Waals surface area contributed by atoms with Crippen LogP contribution in [0.2, 0.25) is 0 Å². The number of rotatable bonds is 6. The van der Waals surface area contributed by atoms with Crippen LogP contribution in [0, 0.1) is 0 Å². The van der Waals surface area contributed by atoms with Gasteiger partial charge in [0.1, 0.15) is 0 Å². The van der Waals surface area contributed by atoms with E-state index in [2.05, 4.69) is 0 Å². The Bertz CT molecular complexity index is 308. The Kier molecular flexibility index (Phi) is 4.98. The minimum Gasteiger partial charge on any atom is -0.330 e. The molecule has 0 aliphatic heterocycles. The fourth-order valence-electron chi connectivity index (χ4n) is 1.40. The molecule has 0 fully saturated rings. The summed E-state index contributed by atoms with van der Waals surface area (Å²) in [6, 6.07) is 7.32. The lowest BCUT2D eigenvalue weighted by Crippen LogP contribution is -2.08. The Morgan fingerprint density at radius 2 is 1.93 bits per heavy atom. The van der Waals surface area contributed by atoms with E-state index >= 15 is 0 Å². The molecule has 0 saturated carbocycles. The van der Waals surface area contributed by atoms with E-state index in [4.69, 9.17) is 5.73 Å². The lowest BCUT2D eigenvalue weighted by atomic mass is 10.0. The molecule has 2 nitrogen and oxygen atoms in total. The summed E-state index contributed by atoms with van der Waals surface area (Å²) in [5, 5.41) is 0. The van der Waals surface area contributed by atoms with Crippen molar-refractivity contribution in [3.63, 3.8) is 0 Å². The van der Waals surface area contributed by atoms with Crippen LogP contribution in [0.1, 0.15) is 28.8 Å². The molecule has 1 aromatic carbocycles. The zero-order valence-corrected chi connectivity index (χ0v) is 8.71. The fourth-order valence-corrected chi connectivity index (χ4v) is 1.40. The van der Waals surface area contributed by atoms with E-state index in [1.807, 2.05) is 12.1 Å². The van der Waals surface area contributed by atoms with Gasteiger partial charge in [-0.15, -0.1) is 0 Å². The van der Waals surface area contributed by atoms with Gasteiger partial charge in [-0.2, -0.15) is 0 Å². The van der Waals surface area contributed by atoms with Crippen LogP contribution in [-0.2, 0) is 6.42 Å². The van der Waals surface area contributed by atoms with Crippen LogP contribution in [0.15, 0.2) is 24.3 Å². The maximum atomic E-state index is 11.9. The second-order valence-electron chi connectivity index (χ2n) is 3.45. The Hall–Kier alpha value is -1.22. The van der Waals surface area contributed by atoms with Crippen LogP contribution in [0.3, 0.4) is 0 Å². The van der Waals surface area contributed by atoms with Crippen LogP contribution in [0.5, 0.6) is 0 Å². The molecule has 3 heteroatoms. The summed E-state index contributed by atoms with van der Waals surface area (Å²) >= 11 is 0. The van der Waals surface area contributed by atoms with Gasteiger partial charge in [0.05, 0.1) is 6.67 Å². The van der Waals surface area contributed by atoms with Crippen molar-refractivity contribution in [3.05, 3.63) is 35.4 Å². The van der Waals surface area contributed by atoms with Gasteiger partial charge in [0.25, 0.3) is 0 Å². The predicted molar refractivity (Wildman–Crippen MR) is 58.7 cm³/mol. The van der Waals surface area contributed by atoms with Crippen molar-refractivity contribution in [2.45, 2.75) is 19.3 Å². The van der Waals surface area contributed by atoms with Gasteiger partial charge in [0.15, 0.2) is 5.78 Å². The van der Waals surface area contributed by atoms with E-state index in [1.165, 1.54) is 0 Å². The second-order valence-corrected chi connectivity index (χ2v) is 3.45. The number of alkyl halides is 1. The smallest absolute Gasteiger partial charge is 0.164 e. The summed E-state index contributed by atoms with van der Waals surface area (Å²) in [7, 11) is 0. The van der Waals surface area contributed by atoms with Crippen LogP contribution < -0.4 is 5.73 Å². The van der Waals surface area contributed by atoms with Gasteiger partial charge in [-0.1, -0.05) is 24.3 Å². The van der Waals surface area contributed by atoms with Crippen molar-refractivity contribution in [1.82, 2.24) is 0 Å². The Labute approximate surface area is 89.3 Å². The molecule has 1 aromatic rings. The Balaban J connectivity index is 2.59. The summed E-state index contributed by atoms with van der Waals surface area (Å²) in [6.07, 6.45) is 1.64. The zero-order valence-electron chi connectivity index (χ0n) is 8.71. The number of benzene rings is 1. The number of hydrogen-bond donors (Lipinski definition) is 1. The van der Waals surface area contributed by atoms with Crippen LogP contribution in [0.4, 0.5) is 4.39 Å². The highest BCUT2D eigenvalue weighted by Gasteiger charge is 2.03. The highest BCUT2D eigenvalue weighted by atomic mass is 19.1. The number of hydrogen-bond acceptors (Lipinski definition) is 2. The summed E-state index contributed by atoms with van der Waals surface area (Å²) in [6.45, 7) is 0.0797. The van der Waals surface area contributed by atoms with Gasteiger partial charge in [-0.25, -0.2) is 0 Å². The molecule has 0 saturated heterocycles. The van der Waals surface area contributed by atoms with E-state index in [9.17, 15) is 9.18 Å². The van der Waals surface area contributed by atoms with Gasteiger partial charge in [0.2, 0.25) is 0 Å². The molecule has 0 unspecified atom stereocenters. The van der Waals surface area contributed by atoms with Gasteiger partial charge < -0.3 is 5.73 Å². The largest absolute Gasteiger partial charge is 0.330 e. The van der Waals surface area contributed by atoms with Crippen LogP contribution in [0.25, 0.3) is 0 Å². The topological polar surface area (TPSA) is 43.1 Å². The van der Waals surface area contributed by atoms with Gasteiger partial charge >= 0.3 is 0 Å². The normalized spacial score (nSPS) is 10.3. The van der Waals surface area contributed by atoms with Gasteiger partial charge in [0, 0.05) is 12.0 Å². The highest BCUT2D eigenvalue weighted by Crippen LogP contribution is 2.08. The maximum absolute atomic E-state index is 11.9. The number of ketones is 1.